The molecule has 4 heteroatoms. The Labute approximate surface area is 82.2 Å². The van der Waals surface area contributed by atoms with E-state index in [2.05, 4.69) is 5.32 Å². The SMILES string of the molecule is Cc1ccc(C(O)CNC=O)cc1O. The molecule has 1 atom stereocenters. The molecule has 0 fully saturated rings. The molecule has 3 N–H and O–H groups in total. The molecule has 1 aromatic carbocycles. The van der Waals surface area contributed by atoms with Crippen LogP contribution in [-0.2, 0) is 4.79 Å². The predicted molar refractivity (Wildman–Crippen MR) is 51.9 cm³/mol. The molecule has 0 aliphatic carbocycles. The number of aliphatic hydroxyl groups excluding tert-OH is 1. The van der Waals surface area contributed by atoms with E-state index in [4.69, 9.17) is 0 Å². The summed E-state index contributed by atoms with van der Waals surface area (Å²) in [6, 6.07) is 4.92. The molecule has 0 radical (unpaired) electrons. The van der Waals surface area contributed by atoms with Gasteiger partial charge in [0.1, 0.15) is 5.75 Å². The van der Waals surface area contributed by atoms with E-state index in [9.17, 15) is 15.0 Å². The number of carbonyl (C=O) groups excluding carboxylic acids is 1. The number of aryl methyl sites for hydroxylation is 1. The minimum Gasteiger partial charge on any atom is -0.508 e. The van der Waals surface area contributed by atoms with Gasteiger partial charge in [0.2, 0.25) is 6.41 Å². The van der Waals surface area contributed by atoms with Crippen LogP contribution in [0, 0.1) is 6.92 Å². The lowest BCUT2D eigenvalue weighted by atomic mass is 10.1. The predicted octanol–water partition coefficient (Wildman–Crippen LogP) is 0.480. The number of hydrogen-bond acceptors (Lipinski definition) is 3. The highest BCUT2D eigenvalue weighted by Crippen LogP contribution is 2.21. The van der Waals surface area contributed by atoms with E-state index in [1.807, 2.05) is 0 Å². The highest BCUT2D eigenvalue weighted by molar-refractivity contribution is 5.46. The van der Waals surface area contributed by atoms with Gasteiger partial charge in [-0.3, -0.25) is 4.79 Å². The Morgan fingerprint density at radius 2 is 2.29 bits per heavy atom. The third-order valence-corrected chi connectivity index (χ3v) is 2.01. The number of phenols is 1. The maximum atomic E-state index is 9.99. The number of carbonyl (C=O) groups is 1. The van der Waals surface area contributed by atoms with Crippen LogP contribution in [0.4, 0.5) is 0 Å². The number of aromatic hydroxyl groups is 1. The Hall–Kier alpha value is -1.55. The minimum atomic E-state index is -0.785. The molecular formula is C10H13NO3. The van der Waals surface area contributed by atoms with Crippen molar-refractivity contribution in [3.63, 3.8) is 0 Å². The van der Waals surface area contributed by atoms with Crippen LogP contribution in [0.3, 0.4) is 0 Å². The van der Waals surface area contributed by atoms with Gasteiger partial charge in [-0.15, -0.1) is 0 Å². The summed E-state index contributed by atoms with van der Waals surface area (Å²) in [6.45, 7) is 1.92. The van der Waals surface area contributed by atoms with Gasteiger partial charge in [0.05, 0.1) is 6.10 Å². The number of amides is 1. The lowest BCUT2D eigenvalue weighted by Crippen LogP contribution is -2.19. The zero-order valence-electron chi connectivity index (χ0n) is 7.90. The van der Waals surface area contributed by atoms with Gasteiger partial charge in [-0.2, -0.15) is 0 Å². The molecule has 1 aromatic rings. The molecule has 0 bridgehead atoms. The van der Waals surface area contributed by atoms with Crippen molar-refractivity contribution in [2.45, 2.75) is 13.0 Å². The van der Waals surface area contributed by atoms with Gasteiger partial charge < -0.3 is 15.5 Å². The maximum Gasteiger partial charge on any atom is 0.207 e. The smallest absolute Gasteiger partial charge is 0.207 e. The summed E-state index contributed by atoms with van der Waals surface area (Å²) in [5, 5.41) is 21.3. The Balaban J connectivity index is 2.75. The van der Waals surface area contributed by atoms with Gasteiger partial charge in [0.25, 0.3) is 0 Å². The van der Waals surface area contributed by atoms with Crippen LogP contribution < -0.4 is 5.32 Å². The van der Waals surface area contributed by atoms with Gasteiger partial charge in [-0.1, -0.05) is 12.1 Å². The summed E-state index contributed by atoms with van der Waals surface area (Å²) in [7, 11) is 0. The monoisotopic (exact) mass is 195 g/mol. The largest absolute Gasteiger partial charge is 0.508 e. The first-order valence-electron chi connectivity index (χ1n) is 4.29. The fourth-order valence-corrected chi connectivity index (χ4v) is 1.11. The molecule has 0 aliphatic rings. The van der Waals surface area contributed by atoms with Crippen molar-refractivity contribution in [1.29, 1.82) is 0 Å². The number of nitrogens with one attached hydrogen (secondary N) is 1. The highest BCUT2D eigenvalue weighted by Gasteiger charge is 2.08. The van der Waals surface area contributed by atoms with E-state index in [0.29, 0.717) is 12.0 Å². The second kappa shape index (κ2) is 4.62. The molecular weight excluding hydrogens is 182 g/mol. The van der Waals surface area contributed by atoms with Gasteiger partial charge in [-0.25, -0.2) is 0 Å². The number of rotatable bonds is 4. The van der Waals surface area contributed by atoms with Crippen LogP contribution in [0.5, 0.6) is 5.75 Å². The molecule has 4 nitrogen and oxygen atoms in total. The van der Waals surface area contributed by atoms with Crippen LogP contribution in [0.1, 0.15) is 17.2 Å². The standard InChI is InChI=1S/C10H13NO3/c1-7-2-3-8(4-9(7)13)10(14)5-11-6-12/h2-4,6,10,13-14H,5H2,1H3,(H,11,12). The molecule has 1 amide bonds. The lowest BCUT2D eigenvalue weighted by molar-refractivity contribution is -0.109. The van der Waals surface area contributed by atoms with E-state index in [0.717, 1.165) is 5.56 Å². The fraction of sp³-hybridized carbons (Fsp3) is 0.300. The summed E-state index contributed by atoms with van der Waals surface area (Å²) >= 11 is 0. The summed E-state index contributed by atoms with van der Waals surface area (Å²) < 4.78 is 0. The quantitative estimate of drug-likeness (QED) is 0.612. The number of benzene rings is 1. The van der Waals surface area contributed by atoms with Gasteiger partial charge >= 0.3 is 0 Å². The van der Waals surface area contributed by atoms with Crippen molar-refractivity contribution in [1.82, 2.24) is 5.32 Å². The zero-order chi connectivity index (χ0) is 10.6. The summed E-state index contributed by atoms with van der Waals surface area (Å²) in [4.78, 5) is 9.99. The third kappa shape index (κ3) is 2.47. The molecule has 0 saturated carbocycles. The third-order valence-electron chi connectivity index (χ3n) is 2.01. The van der Waals surface area contributed by atoms with Crippen LogP contribution in [0.25, 0.3) is 0 Å². The molecule has 76 valence electrons. The van der Waals surface area contributed by atoms with Gasteiger partial charge in [0.15, 0.2) is 0 Å². The first kappa shape index (κ1) is 10.5. The Morgan fingerprint density at radius 1 is 1.57 bits per heavy atom. The van der Waals surface area contributed by atoms with Crippen molar-refractivity contribution in [3.8, 4) is 5.75 Å². The van der Waals surface area contributed by atoms with Crippen molar-refractivity contribution in [3.05, 3.63) is 29.3 Å². The Kier molecular flexibility index (Phi) is 3.48. The summed E-state index contributed by atoms with van der Waals surface area (Å²) in [5.41, 5.74) is 1.34. The number of aliphatic hydroxyl groups is 1. The average molecular weight is 195 g/mol. The zero-order valence-corrected chi connectivity index (χ0v) is 7.90. The van der Waals surface area contributed by atoms with Crippen molar-refractivity contribution < 1.29 is 15.0 Å². The fourth-order valence-electron chi connectivity index (χ4n) is 1.11. The van der Waals surface area contributed by atoms with Crippen molar-refractivity contribution >= 4 is 6.41 Å². The molecule has 0 aromatic heterocycles. The molecule has 0 aliphatic heterocycles. The Bertz CT molecular complexity index is 325. The lowest BCUT2D eigenvalue weighted by Gasteiger charge is -2.11. The molecule has 1 unspecified atom stereocenters. The molecule has 0 saturated heterocycles. The molecule has 0 heterocycles. The van der Waals surface area contributed by atoms with E-state index < -0.39 is 6.10 Å². The number of phenolic OH excluding ortho intramolecular Hbond substituents is 1. The second-order valence-corrected chi connectivity index (χ2v) is 3.09. The van der Waals surface area contributed by atoms with Crippen LogP contribution in [0.2, 0.25) is 0 Å². The minimum absolute atomic E-state index is 0.145. The van der Waals surface area contributed by atoms with Gasteiger partial charge in [0, 0.05) is 6.54 Å². The topological polar surface area (TPSA) is 69.6 Å². The highest BCUT2D eigenvalue weighted by atomic mass is 16.3. The second-order valence-electron chi connectivity index (χ2n) is 3.09. The van der Waals surface area contributed by atoms with E-state index in [1.165, 1.54) is 6.07 Å². The summed E-state index contributed by atoms with van der Waals surface area (Å²) in [5.74, 6) is 0.146. The summed E-state index contributed by atoms with van der Waals surface area (Å²) in [6.07, 6.45) is -0.260. The van der Waals surface area contributed by atoms with E-state index in [-0.39, 0.29) is 12.3 Å². The molecule has 14 heavy (non-hydrogen) atoms. The van der Waals surface area contributed by atoms with Crippen molar-refractivity contribution in [2.75, 3.05) is 6.54 Å². The van der Waals surface area contributed by atoms with Crippen LogP contribution in [-0.4, -0.2) is 23.2 Å². The van der Waals surface area contributed by atoms with Crippen LogP contribution >= 0.6 is 0 Å². The normalized spacial score (nSPS) is 12.1. The van der Waals surface area contributed by atoms with E-state index in [1.54, 1.807) is 19.1 Å². The van der Waals surface area contributed by atoms with E-state index >= 15 is 0 Å². The molecule has 0 spiro atoms. The Morgan fingerprint density at radius 3 is 2.86 bits per heavy atom. The van der Waals surface area contributed by atoms with Crippen LogP contribution in [0.15, 0.2) is 18.2 Å². The van der Waals surface area contributed by atoms with Crippen molar-refractivity contribution in [2.24, 2.45) is 0 Å². The number of hydrogen-bond donors (Lipinski definition) is 3. The average Bonchev–Trinajstić information content (AvgIpc) is 2.18. The first-order chi connectivity index (χ1) is 6.65. The first-order valence-corrected chi connectivity index (χ1v) is 4.29. The van der Waals surface area contributed by atoms with Gasteiger partial charge in [-0.05, 0) is 24.1 Å². The maximum absolute atomic E-state index is 9.99. The molecule has 1 rings (SSSR count).